The molecule has 1 rings (SSSR count). The summed E-state index contributed by atoms with van der Waals surface area (Å²) in [6, 6.07) is 0.346. The van der Waals surface area contributed by atoms with Crippen molar-refractivity contribution < 1.29 is 13.2 Å². The highest BCUT2D eigenvalue weighted by Gasteiger charge is 2.45. The number of rotatable bonds is 1. The molecule has 1 atom stereocenters. The van der Waals surface area contributed by atoms with Crippen molar-refractivity contribution in [3.05, 3.63) is 0 Å². The first-order valence-corrected chi connectivity index (χ1v) is 3.73. The van der Waals surface area contributed by atoms with Crippen molar-refractivity contribution in [2.24, 2.45) is 0 Å². The summed E-state index contributed by atoms with van der Waals surface area (Å²) < 4.78 is 36.5. The van der Waals surface area contributed by atoms with Crippen LogP contribution in [0.25, 0.3) is 0 Å². The second-order valence-corrected chi connectivity index (χ2v) is 2.83. The minimum atomic E-state index is -4.17. The van der Waals surface area contributed by atoms with Gasteiger partial charge in [-0.2, -0.15) is 18.4 Å². The minimum absolute atomic E-state index is 0.121. The number of alkyl halides is 3. The molecule has 0 aromatic heterocycles. The van der Waals surface area contributed by atoms with Gasteiger partial charge in [-0.15, -0.1) is 0 Å². The molecule has 0 aliphatic carbocycles. The number of nitrogens with zero attached hydrogens (tertiary/aromatic N) is 2. The quantitative estimate of drug-likeness (QED) is 0.569. The molecule has 68 valence electrons. The molecular formula is C7H9F3N2. The van der Waals surface area contributed by atoms with Crippen LogP contribution >= 0.6 is 0 Å². The van der Waals surface area contributed by atoms with E-state index < -0.39 is 12.2 Å². The number of likely N-dealkylation sites (tertiary alicyclic amines) is 1. The molecule has 0 N–H and O–H groups in total. The van der Waals surface area contributed by atoms with Gasteiger partial charge in [-0.1, -0.05) is 0 Å². The van der Waals surface area contributed by atoms with Crippen LogP contribution in [0, 0.1) is 11.3 Å². The lowest BCUT2D eigenvalue weighted by atomic mass is 10.2. The standard InChI is InChI=1S/C7H9F3N2/c8-7(9,10)6-2-1-4-12(6)5-3-11/h6H,1-2,4-5H2/t6-/m0/s1. The van der Waals surface area contributed by atoms with E-state index in [1.54, 1.807) is 6.07 Å². The van der Waals surface area contributed by atoms with Gasteiger partial charge < -0.3 is 0 Å². The van der Waals surface area contributed by atoms with Gasteiger partial charge in [0, 0.05) is 0 Å². The van der Waals surface area contributed by atoms with E-state index in [4.69, 9.17) is 5.26 Å². The van der Waals surface area contributed by atoms with E-state index in [1.165, 1.54) is 4.90 Å². The first-order valence-electron chi connectivity index (χ1n) is 3.73. The highest BCUT2D eigenvalue weighted by atomic mass is 19.4. The predicted octanol–water partition coefficient (Wildman–Crippen LogP) is 1.54. The Morgan fingerprint density at radius 3 is 2.67 bits per heavy atom. The number of hydrogen-bond acceptors (Lipinski definition) is 2. The van der Waals surface area contributed by atoms with Gasteiger partial charge in [0.1, 0.15) is 6.04 Å². The van der Waals surface area contributed by atoms with Gasteiger partial charge in [0.25, 0.3) is 0 Å². The van der Waals surface area contributed by atoms with Crippen LogP contribution < -0.4 is 0 Å². The van der Waals surface area contributed by atoms with E-state index in [-0.39, 0.29) is 13.0 Å². The van der Waals surface area contributed by atoms with Crippen molar-refractivity contribution >= 4 is 0 Å². The van der Waals surface area contributed by atoms with Gasteiger partial charge in [0.15, 0.2) is 0 Å². The Bertz CT molecular complexity index is 194. The zero-order valence-electron chi connectivity index (χ0n) is 6.43. The minimum Gasteiger partial charge on any atom is -0.279 e. The smallest absolute Gasteiger partial charge is 0.279 e. The predicted molar refractivity (Wildman–Crippen MR) is 36.3 cm³/mol. The lowest BCUT2D eigenvalue weighted by molar-refractivity contribution is -0.174. The molecule has 1 aliphatic rings. The van der Waals surface area contributed by atoms with Gasteiger partial charge in [-0.05, 0) is 19.4 Å². The van der Waals surface area contributed by atoms with Crippen molar-refractivity contribution in [1.82, 2.24) is 4.90 Å². The number of hydrogen-bond donors (Lipinski definition) is 0. The lowest BCUT2D eigenvalue weighted by Gasteiger charge is -2.23. The molecule has 5 heteroatoms. The van der Waals surface area contributed by atoms with Crippen molar-refractivity contribution in [3.8, 4) is 6.07 Å². The van der Waals surface area contributed by atoms with E-state index in [0.717, 1.165) is 0 Å². The molecule has 1 aliphatic heterocycles. The molecule has 1 fully saturated rings. The summed E-state index contributed by atoms with van der Waals surface area (Å²) in [6.07, 6.45) is -3.51. The maximum atomic E-state index is 12.2. The van der Waals surface area contributed by atoms with E-state index in [1.807, 2.05) is 0 Å². The van der Waals surface area contributed by atoms with Crippen LogP contribution in [0.15, 0.2) is 0 Å². The zero-order valence-corrected chi connectivity index (χ0v) is 6.43. The fraction of sp³-hybridized carbons (Fsp3) is 0.857. The Morgan fingerprint density at radius 2 is 2.17 bits per heavy atom. The second-order valence-electron chi connectivity index (χ2n) is 2.83. The third kappa shape index (κ3) is 1.89. The van der Waals surface area contributed by atoms with Gasteiger partial charge in [0.2, 0.25) is 0 Å². The van der Waals surface area contributed by atoms with Crippen LogP contribution in [-0.2, 0) is 0 Å². The third-order valence-electron chi connectivity index (χ3n) is 2.02. The average Bonchev–Trinajstić information content (AvgIpc) is 2.34. The topological polar surface area (TPSA) is 27.0 Å². The third-order valence-corrected chi connectivity index (χ3v) is 2.02. The first-order chi connectivity index (χ1) is 5.55. The van der Waals surface area contributed by atoms with Crippen LogP contribution in [0.3, 0.4) is 0 Å². The molecule has 0 amide bonds. The summed E-state index contributed by atoms with van der Waals surface area (Å²) in [5.74, 6) is 0. The van der Waals surface area contributed by atoms with E-state index >= 15 is 0 Å². The van der Waals surface area contributed by atoms with Crippen molar-refractivity contribution in [2.45, 2.75) is 25.1 Å². The van der Waals surface area contributed by atoms with Gasteiger partial charge >= 0.3 is 6.18 Å². The van der Waals surface area contributed by atoms with Crippen LogP contribution in [0.2, 0.25) is 0 Å². The summed E-state index contributed by atoms with van der Waals surface area (Å²) in [5.41, 5.74) is 0. The summed E-state index contributed by atoms with van der Waals surface area (Å²) in [6.45, 7) is 0.266. The highest BCUT2D eigenvalue weighted by Crippen LogP contribution is 2.31. The monoisotopic (exact) mass is 178 g/mol. The van der Waals surface area contributed by atoms with Gasteiger partial charge in [-0.3, -0.25) is 4.90 Å². The lowest BCUT2D eigenvalue weighted by Crippen LogP contribution is -2.41. The van der Waals surface area contributed by atoms with Gasteiger partial charge in [0.05, 0.1) is 12.6 Å². The van der Waals surface area contributed by atoms with Crippen molar-refractivity contribution in [3.63, 3.8) is 0 Å². The fourth-order valence-electron chi connectivity index (χ4n) is 1.48. The van der Waals surface area contributed by atoms with Crippen LogP contribution in [0.1, 0.15) is 12.8 Å². The zero-order chi connectivity index (χ0) is 9.19. The van der Waals surface area contributed by atoms with E-state index in [2.05, 4.69) is 0 Å². The normalized spacial score (nSPS) is 25.7. The molecule has 0 aromatic rings. The maximum Gasteiger partial charge on any atom is 0.404 e. The Labute approximate surface area is 68.6 Å². The Hall–Kier alpha value is -0.760. The number of nitriles is 1. The average molecular weight is 178 g/mol. The molecule has 0 radical (unpaired) electrons. The maximum absolute atomic E-state index is 12.2. The SMILES string of the molecule is N#CCN1CCC[C@H]1C(F)(F)F. The van der Waals surface area contributed by atoms with Crippen LogP contribution in [0.5, 0.6) is 0 Å². The molecule has 1 heterocycles. The molecular weight excluding hydrogens is 169 g/mol. The largest absolute Gasteiger partial charge is 0.404 e. The molecule has 2 nitrogen and oxygen atoms in total. The molecule has 0 saturated carbocycles. The van der Waals surface area contributed by atoms with E-state index in [9.17, 15) is 13.2 Å². The Morgan fingerprint density at radius 1 is 1.50 bits per heavy atom. The first kappa shape index (κ1) is 9.33. The van der Waals surface area contributed by atoms with Crippen LogP contribution in [-0.4, -0.2) is 30.2 Å². The van der Waals surface area contributed by atoms with E-state index in [0.29, 0.717) is 13.0 Å². The fourth-order valence-corrected chi connectivity index (χ4v) is 1.48. The molecule has 12 heavy (non-hydrogen) atoms. The summed E-state index contributed by atoms with van der Waals surface area (Å²) in [5, 5.41) is 8.25. The van der Waals surface area contributed by atoms with Crippen molar-refractivity contribution in [2.75, 3.05) is 13.1 Å². The highest BCUT2D eigenvalue weighted by molar-refractivity contribution is 4.89. The summed E-state index contributed by atoms with van der Waals surface area (Å²) in [4.78, 5) is 1.18. The summed E-state index contributed by atoms with van der Waals surface area (Å²) in [7, 11) is 0. The molecule has 0 aromatic carbocycles. The van der Waals surface area contributed by atoms with Crippen LogP contribution in [0.4, 0.5) is 13.2 Å². The molecule has 0 spiro atoms. The molecule has 1 saturated heterocycles. The summed E-state index contributed by atoms with van der Waals surface area (Å²) >= 11 is 0. The Kier molecular flexibility index (Phi) is 2.58. The van der Waals surface area contributed by atoms with Gasteiger partial charge in [-0.25, -0.2) is 0 Å². The molecule has 0 bridgehead atoms. The molecule has 0 unspecified atom stereocenters. The second kappa shape index (κ2) is 3.31. The number of halogens is 3. The Balaban J connectivity index is 2.59. The van der Waals surface area contributed by atoms with Crippen molar-refractivity contribution in [1.29, 1.82) is 5.26 Å².